The number of benzene rings is 1. The third-order valence-electron chi connectivity index (χ3n) is 5.58. The fourth-order valence-electron chi connectivity index (χ4n) is 4.03. The predicted octanol–water partition coefficient (Wildman–Crippen LogP) is 2.98. The number of hydrogen-bond donors (Lipinski definition) is 1. The van der Waals surface area contributed by atoms with Gasteiger partial charge in [-0.3, -0.25) is 9.79 Å². The molecule has 1 unspecified atom stereocenters. The molecule has 28 heavy (non-hydrogen) atoms. The van der Waals surface area contributed by atoms with Crippen LogP contribution in [-0.2, 0) is 9.53 Å². The highest BCUT2D eigenvalue weighted by Crippen LogP contribution is 2.23. The minimum atomic E-state index is -0.0490. The molecular formula is C21H33IN4O2. The summed E-state index contributed by atoms with van der Waals surface area (Å²) >= 11 is 0. The van der Waals surface area contributed by atoms with Crippen molar-refractivity contribution in [3.63, 3.8) is 0 Å². The molecule has 3 rings (SSSR count). The van der Waals surface area contributed by atoms with Crippen LogP contribution in [0.15, 0.2) is 35.3 Å². The second-order valence-electron chi connectivity index (χ2n) is 7.38. The van der Waals surface area contributed by atoms with E-state index in [9.17, 15) is 4.79 Å². The van der Waals surface area contributed by atoms with Crippen molar-refractivity contribution in [3.05, 3.63) is 30.3 Å². The van der Waals surface area contributed by atoms with Crippen LogP contribution in [0.3, 0.4) is 0 Å². The van der Waals surface area contributed by atoms with Gasteiger partial charge in [-0.05, 0) is 44.2 Å². The van der Waals surface area contributed by atoms with E-state index >= 15 is 0 Å². The van der Waals surface area contributed by atoms with Crippen LogP contribution in [0.4, 0.5) is 5.69 Å². The fraction of sp³-hybridized carbons (Fsp3) is 0.619. The lowest BCUT2D eigenvalue weighted by molar-refractivity contribution is -0.149. The zero-order valence-corrected chi connectivity index (χ0v) is 19.3. The molecule has 7 heteroatoms. The normalized spacial score (nSPS) is 20.6. The van der Waals surface area contributed by atoms with E-state index < -0.39 is 0 Å². The zero-order valence-electron chi connectivity index (χ0n) is 17.0. The molecule has 2 aliphatic heterocycles. The number of guanidine groups is 1. The summed E-state index contributed by atoms with van der Waals surface area (Å²) in [6, 6.07) is 10.6. The van der Waals surface area contributed by atoms with Crippen molar-refractivity contribution < 1.29 is 9.53 Å². The maximum absolute atomic E-state index is 11.9. The highest BCUT2D eigenvalue weighted by atomic mass is 127. The van der Waals surface area contributed by atoms with Crippen LogP contribution >= 0.6 is 24.0 Å². The number of ether oxygens (including phenoxy) is 1. The summed E-state index contributed by atoms with van der Waals surface area (Å²) in [6.07, 6.45) is 2.87. The number of nitrogens with zero attached hydrogens (tertiary/aromatic N) is 3. The van der Waals surface area contributed by atoms with Crippen molar-refractivity contribution in [1.29, 1.82) is 0 Å². The third kappa shape index (κ3) is 5.99. The van der Waals surface area contributed by atoms with E-state index in [0.717, 1.165) is 51.5 Å². The van der Waals surface area contributed by atoms with Crippen molar-refractivity contribution in [2.24, 2.45) is 16.8 Å². The molecule has 2 aliphatic rings. The average Bonchev–Trinajstić information content (AvgIpc) is 3.19. The maximum atomic E-state index is 11.9. The third-order valence-corrected chi connectivity index (χ3v) is 5.58. The molecule has 0 bridgehead atoms. The van der Waals surface area contributed by atoms with Gasteiger partial charge in [0.1, 0.15) is 0 Å². The molecule has 0 aromatic heterocycles. The number of anilines is 1. The van der Waals surface area contributed by atoms with Crippen molar-refractivity contribution in [1.82, 2.24) is 10.2 Å². The first-order chi connectivity index (χ1) is 13.2. The van der Waals surface area contributed by atoms with Gasteiger partial charge in [0, 0.05) is 45.5 Å². The number of carbonyl (C=O) groups excluding carboxylic acids is 1. The molecule has 2 heterocycles. The smallest absolute Gasteiger partial charge is 0.309 e. The van der Waals surface area contributed by atoms with Gasteiger partial charge in [-0.15, -0.1) is 24.0 Å². The zero-order chi connectivity index (χ0) is 19.1. The Morgan fingerprint density at radius 3 is 2.54 bits per heavy atom. The molecule has 156 valence electrons. The first-order valence-electron chi connectivity index (χ1n) is 10.1. The van der Waals surface area contributed by atoms with Crippen molar-refractivity contribution in [2.75, 3.05) is 51.3 Å². The Morgan fingerprint density at radius 2 is 1.89 bits per heavy atom. The highest BCUT2D eigenvalue weighted by molar-refractivity contribution is 14.0. The van der Waals surface area contributed by atoms with E-state index in [1.807, 2.05) is 14.0 Å². The summed E-state index contributed by atoms with van der Waals surface area (Å²) in [5, 5.41) is 3.56. The highest BCUT2D eigenvalue weighted by Gasteiger charge is 2.28. The van der Waals surface area contributed by atoms with Crippen LogP contribution in [0.1, 0.15) is 26.2 Å². The number of esters is 1. The lowest BCUT2D eigenvalue weighted by Crippen LogP contribution is -2.47. The summed E-state index contributed by atoms with van der Waals surface area (Å²) in [4.78, 5) is 21.1. The Labute approximate surface area is 185 Å². The molecule has 0 radical (unpaired) electrons. The maximum Gasteiger partial charge on any atom is 0.309 e. The molecule has 0 amide bonds. The molecule has 1 atom stereocenters. The van der Waals surface area contributed by atoms with E-state index in [1.54, 1.807) is 0 Å². The van der Waals surface area contributed by atoms with Gasteiger partial charge in [0.25, 0.3) is 0 Å². The van der Waals surface area contributed by atoms with Gasteiger partial charge in [-0.2, -0.15) is 0 Å². The van der Waals surface area contributed by atoms with Crippen LogP contribution in [-0.4, -0.2) is 63.2 Å². The topological polar surface area (TPSA) is 57.2 Å². The predicted molar refractivity (Wildman–Crippen MR) is 124 cm³/mol. The monoisotopic (exact) mass is 500 g/mol. The van der Waals surface area contributed by atoms with Crippen molar-refractivity contribution in [3.8, 4) is 0 Å². The van der Waals surface area contributed by atoms with E-state index in [0.29, 0.717) is 12.5 Å². The summed E-state index contributed by atoms with van der Waals surface area (Å²) in [6.45, 7) is 7.16. The number of piperidine rings is 1. The molecule has 0 aliphatic carbocycles. The summed E-state index contributed by atoms with van der Waals surface area (Å²) in [5.41, 5.74) is 1.31. The minimum absolute atomic E-state index is 0. The van der Waals surface area contributed by atoms with Gasteiger partial charge in [0.15, 0.2) is 5.96 Å². The first kappa shape index (κ1) is 22.8. The molecule has 2 fully saturated rings. The number of carbonyl (C=O) groups is 1. The molecule has 1 N–H and O–H groups in total. The van der Waals surface area contributed by atoms with Crippen molar-refractivity contribution in [2.45, 2.75) is 26.2 Å². The van der Waals surface area contributed by atoms with Gasteiger partial charge in [-0.25, -0.2) is 0 Å². The quantitative estimate of drug-likeness (QED) is 0.292. The largest absolute Gasteiger partial charge is 0.466 e. The minimum Gasteiger partial charge on any atom is -0.466 e. The van der Waals surface area contributed by atoms with Crippen LogP contribution < -0.4 is 10.2 Å². The molecular weight excluding hydrogens is 467 g/mol. The lowest BCUT2D eigenvalue weighted by atomic mass is 9.97. The second kappa shape index (κ2) is 11.5. The second-order valence-corrected chi connectivity index (χ2v) is 7.38. The Kier molecular flexibility index (Phi) is 9.34. The molecule has 1 aromatic rings. The number of para-hydroxylation sites is 1. The summed E-state index contributed by atoms with van der Waals surface area (Å²) in [5.74, 6) is 1.56. The summed E-state index contributed by atoms with van der Waals surface area (Å²) < 4.78 is 5.16. The van der Waals surface area contributed by atoms with Gasteiger partial charge in [0.05, 0.1) is 12.5 Å². The van der Waals surface area contributed by atoms with Gasteiger partial charge >= 0.3 is 5.97 Å². The number of halogens is 1. The van der Waals surface area contributed by atoms with Crippen LogP contribution in [0, 0.1) is 11.8 Å². The first-order valence-corrected chi connectivity index (χ1v) is 10.1. The standard InChI is InChI=1S/C21H32N4O2.HI/c1-3-27-20(26)18-10-13-24(14-11-18)21(22-2)23-15-17-9-12-25(16-17)19-7-5-4-6-8-19;/h4-8,17-18H,3,9-16H2,1-2H3,(H,22,23);1H. The summed E-state index contributed by atoms with van der Waals surface area (Å²) in [7, 11) is 1.84. The number of aliphatic imine (C=N–C) groups is 1. The molecule has 1 aromatic carbocycles. The van der Waals surface area contributed by atoms with E-state index in [2.05, 4.69) is 50.4 Å². The van der Waals surface area contributed by atoms with Gasteiger partial charge < -0.3 is 19.9 Å². The number of rotatable bonds is 5. The fourth-order valence-corrected chi connectivity index (χ4v) is 4.03. The van der Waals surface area contributed by atoms with Crippen LogP contribution in [0.5, 0.6) is 0 Å². The number of likely N-dealkylation sites (tertiary alicyclic amines) is 1. The Hall–Kier alpha value is -1.51. The van der Waals surface area contributed by atoms with Gasteiger partial charge in [-0.1, -0.05) is 18.2 Å². The lowest BCUT2D eigenvalue weighted by Gasteiger charge is -2.33. The molecule has 6 nitrogen and oxygen atoms in total. The van der Waals surface area contributed by atoms with Crippen LogP contribution in [0.25, 0.3) is 0 Å². The Balaban J connectivity index is 0.00000280. The molecule has 0 saturated carbocycles. The number of nitrogens with one attached hydrogen (secondary N) is 1. The van der Waals surface area contributed by atoms with E-state index in [4.69, 9.17) is 4.74 Å². The van der Waals surface area contributed by atoms with E-state index in [1.165, 1.54) is 12.1 Å². The van der Waals surface area contributed by atoms with Crippen LogP contribution in [0.2, 0.25) is 0 Å². The Morgan fingerprint density at radius 1 is 1.18 bits per heavy atom. The molecule has 0 spiro atoms. The molecule has 2 saturated heterocycles. The average molecular weight is 500 g/mol. The van der Waals surface area contributed by atoms with Gasteiger partial charge in [0.2, 0.25) is 0 Å². The van der Waals surface area contributed by atoms with Crippen molar-refractivity contribution >= 4 is 41.6 Å². The Bertz CT molecular complexity index is 633. The number of hydrogen-bond acceptors (Lipinski definition) is 4. The SMILES string of the molecule is CCOC(=O)C1CCN(C(=NC)NCC2CCN(c3ccccc3)C2)CC1.I. The van der Waals surface area contributed by atoms with E-state index in [-0.39, 0.29) is 35.9 Å².